The van der Waals surface area contributed by atoms with Gasteiger partial charge in [-0.2, -0.15) is 0 Å². The van der Waals surface area contributed by atoms with Gasteiger partial charge >= 0.3 is 12.0 Å². The summed E-state index contributed by atoms with van der Waals surface area (Å²) in [5.41, 5.74) is 0.378. The van der Waals surface area contributed by atoms with Crippen LogP contribution in [0.2, 0.25) is 0 Å². The molecule has 2 N–H and O–H groups in total. The van der Waals surface area contributed by atoms with Crippen LogP contribution in [0.4, 0.5) is 10.5 Å². The standard InChI is InChI=1S/C14H19BrN2O3/c1-3-7-17(8-4-2)14(20)16-12-9-10(15)5-6-11(12)13(18)19/h5-6,9H,3-4,7-8H2,1-2H3,(H,16,20)(H,18,19). The summed E-state index contributed by atoms with van der Waals surface area (Å²) in [5, 5.41) is 11.8. The third-order valence-electron chi connectivity index (χ3n) is 2.73. The zero-order valence-electron chi connectivity index (χ0n) is 11.6. The first-order chi connectivity index (χ1) is 9.49. The molecule has 0 radical (unpaired) electrons. The highest BCUT2D eigenvalue weighted by Crippen LogP contribution is 2.22. The number of hydrogen-bond acceptors (Lipinski definition) is 2. The van der Waals surface area contributed by atoms with Gasteiger partial charge in [0.15, 0.2) is 0 Å². The number of carboxylic acids is 1. The molecule has 0 aliphatic rings. The molecule has 0 saturated carbocycles. The largest absolute Gasteiger partial charge is 0.478 e. The minimum absolute atomic E-state index is 0.0782. The molecule has 0 saturated heterocycles. The molecule has 1 aromatic carbocycles. The molecular weight excluding hydrogens is 324 g/mol. The van der Waals surface area contributed by atoms with Gasteiger partial charge in [-0.25, -0.2) is 9.59 Å². The molecule has 0 heterocycles. The van der Waals surface area contributed by atoms with E-state index in [1.165, 1.54) is 6.07 Å². The van der Waals surface area contributed by atoms with Gasteiger partial charge in [-0.1, -0.05) is 29.8 Å². The second kappa shape index (κ2) is 7.89. The van der Waals surface area contributed by atoms with Crippen molar-refractivity contribution in [3.8, 4) is 0 Å². The fourth-order valence-corrected chi connectivity index (χ4v) is 2.22. The first-order valence-electron chi connectivity index (χ1n) is 6.58. The van der Waals surface area contributed by atoms with Crippen LogP contribution in [-0.4, -0.2) is 35.1 Å². The van der Waals surface area contributed by atoms with E-state index in [0.29, 0.717) is 18.8 Å². The second-order valence-electron chi connectivity index (χ2n) is 4.41. The van der Waals surface area contributed by atoms with Crippen LogP contribution < -0.4 is 5.32 Å². The number of halogens is 1. The van der Waals surface area contributed by atoms with Crippen molar-refractivity contribution in [3.05, 3.63) is 28.2 Å². The number of rotatable bonds is 6. The Bertz CT molecular complexity index is 485. The summed E-state index contributed by atoms with van der Waals surface area (Å²) in [6.45, 7) is 5.29. The lowest BCUT2D eigenvalue weighted by Gasteiger charge is -2.22. The number of hydrogen-bond donors (Lipinski definition) is 2. The average molecular weight is 343 g/mol. The van der Waals surface area contributed by atoms with Crippen LogP contribution in [0.3, 0.4) is 0 Å². The predicted molar refractivity (Wildman–Crippen MR) is 82.3 cm³/mol. The lowest BCUT2D eigenvalue weighted by Crippen LogP contribution is -2.36. The Morgan fingerprint density at radius 1 is 1.25 bits per heavy atom. The zero-order valence-corrected chi connectivity index (χ0v) is 13.2. The van der Waals surface area contributed by atoms with Crippen molar-refractivity contribution in [2.75, 3.05) is 18.4 Å². The van der Waals surface area contributed by atoms with E-state index in [1.807, 2.05) is 13.8 Å². The quantitative estimate of drug-likeness (QED) is 0.825. The van der Waals surface area contributed by atoms with E-state index in [4.69, 9.17) is 5.11 Å². The molecule has 0 aliphatic heterocycles. The predicted octanol–water partition coefficient (Wildman–Crippen LogP) is 3.80. The molecular formula is C14H19BrN2O3. The van der Waals surface area contributed by atoms with Gasteiger partial charge in [0, 0.05) is 17.6 Å². The van der Waals surface area contributed by atoms with Crippen LogP contribution in [0.15, 0.2) is 22.7 Å². The minimum atomic E-state index is -1.06. The number of carbonyl (C=O) groups excluding carboxylic acids is 1. The average Bonchev–Trinajstić information content (AvgIpc) is 2.38. The van der Waals surface area contributed by atoms with Crippen molar-refractivity contribution >= 4 is 33.6 Å². The minimum Gasteiger partial charge on any atom is -0.478 e. The first-order valence-corrected chi connectivity index (χ1v) is 7.37. The smallest absolute Gasteiger partial charge is 0.337 e. The Balaban J connectivity index is 2.93. The zero-order chi connectivity index (χ0) is 15.1. The van der Waals surface area contributed by atoms with Crippen molar-refractivity contribution in [3.63, 3.8) is 0 Å². The highest BCUT2D eigenvalue weighted by atomic mass is 79.9. The molecule has 5 nitrogen and oxygen atoms in total. The third kappa shape index (κ3) is 4.52. The maximum absolute atomic E-state index is 12.2. The van der Waals surface area contributed by atoms with Gasteiger partial charge in [0.25, 0.3) is 0 Å². The number of carbonyl (C=O) groups is 2. The number of carboxylic acid groups (broad SMARTS) is 1. The summed E-state index contributed by atoms with van der Waals surface area (Å²) in [7, 11) is 0. The van der Waals surface area contributed by atoms with Gasteiger partial charge in [0.1, 0.15) is 0 Å². The fourth-order valence-electron chi connectivity index (χ4n) is 1.86. The summed E-state index contributed by atoms with van der Waals surface area (Å²) in [6.07, 6.45) is 1.72. The first kappa shape index (κ1) is 16.5. The van der Waals surface area contributed by atoms with Crippen LogP contribution in [-0.2, 0) is 0 Å². The number of anilines is 1. The molecule has 1 aromatic rings. The highest BCUT2D eigenvalue weighted by molar-refractivity contribution is 9.10. The van der Waals surface area contributed by atoms with Crippen molar-refractivity contribution < 1.29 is 14.7 Å². The lowest BCUT2D eigenvalue weighted by atomic mass is 10.2. The molecule has 0 aromatic heterocycles. The Kier molecular flexibility index (Phi) is 6.51. The maximum atomic E-state index is 12.2. The van der Waals surface area contributed by atoms with E-state index in [9.17, 15) is 9.59 Å². The number of benzene rings is 1. The molecule has 0 aliphatic carbocycles. The van der Waals surface area contributed by atoms with Gasteiger partial charge in [0.05, 0.1) is 11.3 Å². The summed E-state index contributed by atoms with van der Waals surface area (Å²) >= 11 is 3.28. The molecule has 1 rings (SSSR count). The van der Waals surface area contributed by atoms with Crippen LogP contribution in [0.25, 0.3) is 0 Å². The van der Waals surface area contributed by atoms with E-state index in [2.05, 4.69) is 21.2 Å². The van der Waals surface area contributed by atoms with Gasteiger partial charge in [-0.15, -0.1) is 0 Å². The van der Waals surface area contributed by atoms with Gasteiger partial charge in [-0.05, 0) is 31.0 Å². The van der Waals surface area contributed by atoms with E-state index in [1.54, 1.807) is 17.0 Å². The van der Waals surface area contributed by atoms with Crippen LogP contribution in [0.1, 0.15) is 37.0 Å². The van der Waals surface area contributed by atoms with Crippen molar-refractivity contribution in [1.82, 2.24) is 4.90 Å². The Labute approximate surface area is 127 Å². The summed E-state index contributed by atoms with van der Waals surface area (Å²) in [5.74, 6) is -1.06. The molecule has 0 spiro atoms. The van der Waals surface area contributed by atoms with Crippen molar-refractivity contribution in [2.45, 2.75) is 26.7 Å². The van der Waals surface area contributed by atoms with E-state index in [-0.39, 0.29) is 11.6 Å². The number of aromatic carboxylic acids is 1. The van der Waals surface area contributed by atoms with Crippen LogP contribution in [0.5, 0.6) is 0 Å². The Morgan fingerprint density at radius 3 is 2.35 bits per heavy atom. The molecule has 0 atom stereocenters. The van der Waals surface area contributed by atoms with Crippen molar-refractivity contribution in [1.29, 1.82) is 0 Å². The Morgan fingerprint density at radius 2 is 1.85 bits per heavy atom. The SMILES string of the molecule is CCCN(CCC)C(=O)Nc1cc(Br)ccc1C(=O)O. The molecule has 6 heteroatoms. The number of nitrogens with one attached hydrogen (secondary N) is 1. The van der Waals surface area contributed by atoms with E-state index < -0.39 is 5.97 Å². The van der Waals surface area contributed by atoms with E-state index in [0.717, 1.165) is 17.3 Å². The maximum Gasteiger partial charge on any atom is 0.337 e. The van der Waals surface area contributed by atoms with Crippen LogP contribution >= 0.6 is 15.9 Å². The topological polar surface area (TPSA) is 69.6 Å². The molecule has 20 heavy (non-hydrogen) atoms. The Hall–Kier alpha value is -1.56. The number of urea groups is 1. The number of nitrogens with zero attached hydrogens (tertiary/aromatic N) is 1. The summed E-state index contributed by atoms with van der Waals surface area (Å²) in [4.78, 5) is 25.0. The molecule has 0 bridgehead atoms. The van der Waals surface area contributed by atoms with Crippen LogP contribution in [0, 0.1) is 0 Å². The molecule has 2 amide bonds. The fraction of sp³-hybridized carbons (Fsp3) is 0.429. The lowest BCUT2D eigenvalue weighted by molar-refractivity contribution is 0.0698. The van der Waals surface area contributed by atoms with Crippen molar-refractivity contribution in [2.24, 2.45) is 0 Å². The normalized spacial score (nSPS) is 10.2. The summed E-state index contributed by atoms with van der Waals surface area (Å²) < 4.78 is 0.718. The highest BCUT2D eigenvalue weighted by Gasteiger charge is 2.16. The van der Waals surface area contributed by atoms with Gasteiger partial charge in [-0.3, -0.25) is 0 Å². The van der Waals surface area contributed by atoms with Gasteiger partial charge < -0.3 is 15.3 Å². The number of amides is 2. The van der Waals surface area contributed by atoms with E-state index >= 15 is 0 Å². The second-order valence-corrected chi connectivity index (χ2v) is 5.33. The molecule has 0 unspecified atom stereocenters. The van der Waals surface area contributed by atoms with Gasteiger partial charge in [0.2, 0.25) is 0 Å². The molecule has 0 fully saturated rings. The third-order valence-corrected chi connectivity index (χ3v) is 3.22. The summed E-state index contributed by atoms with van der Waals surface area (Å²) in [6, 6.07) is 4.42. The molecule has 110 valence electrons. The monoisotopic (exact) mass is 342 g/mol.